The highest BCUT2D eigenvalue weighted by atomic mass is 16.5. The Kier molecular flexibility index (Phi) is 7.78. The van der Waals surface area contributed by atoms with Gasteiger partial charge in [-0.15, -0.1) is 0 Å². The van der Waals surface area contributed by atoms with Crippen molar-refractivity contribution in [3.8, 4) is 0 Å². The molecule has 0 aromatic heterocycles. The first kappa shape index (κ1) is 19.5. The summed E-state index contributed by atoms with van der Waals surface area (Å²) in [6.45, 7) is 16.0. The molecule has 2 heterocycles. The summed E-state index contributed by atoms with van der Waals surface area (Å²) < 4.78 is 5.46. The third kappa shape index (κ3) is 6.22. The predicted molar refractivity (Wildman–Crippen MR) is 101 cm³/mol. The average molecular weight is 340 g/mol. The highest BCUT2D eigenvalue weighted by Gasteiger charge is 2.28. The Labute approximate surface area is 148 Å². The Morgan fingerprint density at radius 3 is 2.42 bits per heavy atom. The molecule has 0 aromatic rings. The molecule has 0 radical (unpaired) electrons. The van der Waals surface area contributed by atoms with E-state index in [0.717, 1.165) is 57.8 Å². The van der Waals surface area contributed by atoms with Crippen LogP contribution in [-0.4, -0.2) is 87.4 Å². The first-order valence-corrected chi connectivity index (χ1v) is 9.51. The van der Waals surface area contributed by atoms with Gasteiger partial charge in [0.05, 0.1) is 13.2 Å². The van der Waals surface area contributed by atoms with Gasteiger partial charge in [0.25, 0.3) is 0 Å². The molecular weight excluding hydrogens is 302 g/mol. The standard InChI is InChI=1S/C18H37N5O/c1-16-5-8-22(9-6-16)10-7-20-17(19-4)21-15-18(2,3)23-11-13-24-14-12-23/h16H,5-15H2,1-4H3,(H2,19,20,21). The highest BCUT2D eigenvalue weighted by Crippen LogP contribution is 2.16. The molecular formula is C18H37N5O. The minimum atomic E-state index is 0.102. The Morgan fingerprint density at radius 1 is 1.12 bits per heavy atom. The lowest BCUT2D eigenvalue weighted by molar-refractivity contribution is -0.00834. The highest BCUT2D eigenvalue weighted by molar-refractivity contribution is 5.79. The molecule has 24 heavy (non-hydrogen) atoms. The number of guanidine groups is 1. The van der Waals surface area contributed by atoms with Crippen LogP contribution in [0.1, 0.15) is 33.6 Å². The number of ether oxygens (including phenoxy) is 1. The first-order valence-electron chi connectivity index (χ1n) is 9.51. The normalized spacial score (nSPS) is 22.6. The van der Waals surface area contributed by atoms with Crippen LogP contribution in [0.25, 0.3) is 0 Å². The lowest BCUT2D eigenvalue weighted by atomic mass is 9.99. The van der Waals surface area contributed by atoms with Crippen molar-refractivity contribution in [1.29, 1.82) is 0 Å². The zero-order valence-corrected chi connectivity index (χ0v) is 16.1. The number of hydrogen-bond acceptors (Lipinski definition) is 4. The summed E-state index contributed by atoms with van der Waals surface area (Å²) in [5.41, 5.74) is 0.102. The van der Waals surface area contributed by atoms with Crippen LogP contribution < -0.4 is 10.6 Å². The maximum atomic E-state index is 5.46. The van der Waals surface area contributed by atoms with Crippen LogP contribution in [0.4, 0.5) is 0 Å². The van der Waals surface area contributed by atoms with Gasteiger partial charge >= 0.3 is 0 Å². The summed E-state index contributed by atoms with van der Waals surface area (Å²) in [4.78, 5) is 9.41. The second-order valence-electron chi connectivity index (χ2n) is 7.79. The first-order chi connectivity index (χ1) is 11.5. The largest absolute Gasteiger partial charge is 0.379 e. The van der Waals surface area contributed by atoms with E-state index < -0.39 is 0 Å². The van der Waals surface area contributed by atoms with Crippen LogP contribution in [-0.2, 0) is 4.74 Å². The molecule has 0 amide bonds. The summed E-state index contributed by atoms with van der Waals surface area (Å²) in [6.07, 6.45) is 2.67. The van der Waals surface area contributed by atoms with Gasteiger partial charge in [0, 0.05) is 45.3 Å². The summed E-state index contributed by atoms with van der Waals surface area (Å²) in [6, 6.07) is 0. The van der Waals surface area contributed by atoms with Crippen molar-refractivity contribution in [2.75, 3.05) is 66.1 Å². The summed E-state index contributed by atoms with van der Waals surface area (Å²) in [5, 5.41) is 6.95. The van der Waals surface area contributed by atoms with Crippen LogP contribution in [0.5, 0.6) is 0 Å². The van der Waals surface area contributed by atoms with Crippen molar-refractivity contribution < 1.29 is 4.74 Å². The second-order valence-corrected chi connectivity index (χ2v) is 7.79. The van der Waals surface area contributed by atoms with E-state index in [2.05, 4.69) is 46.2 Å². The molecule has 6 heteroatoms. The molecule has 2 fully saturated rings. The summed E-state index contributed by atoms with van der Waals surface area (Å²) in [7, 11) is 1.85. The minimum Gasteiger partial charge on any atom is -0.379 e. The molecule has 2 rings (SSSR count). The molecule has 0 saturated carbocycles. The van der Waals surface area contributed by atoms with Gasteiger partial charge in [-0.1, -0.05) is 6.92 Å². The van der Waals surface area contributed by atoms with Crippen molar-refractivity contribution in [3.05, 3.63) is 0 Å². The van der Waals surface area contributed by atoms with E-state index in [1.807, 2.05) is 7.05 Å². The van der Waals surface area contributed by atoms with E-state index in [1.165, 1.54) is 25.9 Å². The molecule has 0 aromatic carbocycles. The molecule has 0 aliphatic carbocycles. The van der Waals surface area contributed by atoms with Crippen molar-refractivity contribution in [2.24, 2.45) is 10.9 Å². The van der Waals surface area contributed by atoms with Crippen molar-refractivity contribution in [3.63, 3.8) is 0 Å². The molecule has 2 saturated heterocycles. The number of rotatable bonds is 6. The molecule has 2 aliphatic rings. The lowest BCUT2D eigenvalue weighted by Crippen LogP contribution is -2.56. The van der Waals surface area contributed by atoms with Crippen LogP contribution in [0.15, 0.2) is 4.99 Å². The minimum absolute atomic E-state index is 0.102. The number of nitrogens with zero attached hydrogens (tertiary/aromatic N) is 3. The third-order valence-corrected chi connectivity index (χ3v) is 5.38. The molecule has 2 N–H and O–H groups in total. The fourth-order valence-electron chi connectivity index (χ4n) is 3.42. The lowest BCUT2D eigenvalue weighted by Gasteiger charge is -2.41. The number of aliphatic imine (C=N–C) groups is 1. The topological polar surface area (TPSA) is 52.1 Å². The zero-order chi connectivity index (χ0) is 17.4. The van der Waals surface area contributed by atoms with Crippen LogP contribution in [0, 0.1) is 5.92 Å². The Morgan fingerprint density at radius 2 is 1.79 bits per heavy atom. The molecule has 2 aliphatic heterocycles. The number of likely N-dealkylation sites (tertiary alicyclic amines) is 1. The van der Waals surface area contributed by atoms with Gasteiger partial charge in [-0.2, -0.15) is 0 Å². The maximum absolute atomic E-state index is 5.46. The van der Waals surface area contributed by atoms with Gasteiger partial charge in [-0.05, 0) is 45.7 Å². The van der Waals surface area contributed by atoms with E-state index in [9.17, 15) is 0 Å². The smallest absolute Gasteiger partial charge is 0.191 e. The van der Waals surface area contributed by atoms with Gasteiger partial charge in [-0.25, -0.2) is 0 Å². The third-order valence-electron chi connectivity index (χ3n) is 5.38. The van der Waals surface area contributed by atoms with Crippen molar-refractivity contribution in [2.45, 2.75) is 39.2 Å². The molecule has 0 atom stereocenters. The maximum Gasteiger partial charge on any atom is 0.191 e. The van der Waals surface area contributed by atoms with E-state index in [0.29, 0.717) is 0 Å². The quantitative estimate of drug-likeness (QED) is 0.558. The molecule has 140 valence electrons. The molecule has 6 nitrogen and oxygen atoms in total. The van der Waals surface area contributed by atoms with Gasteiger partial charge in [0.1, 0.15) is 0 Å². The fraction of sp³-hybridized carbons (Fsp3) is 0.944. The van der Waals surface area contributed by atoms with E-state index >= 15 is 0 Å². The van der Waals surface area contributed by atoms with Gasteiger partial charge < -0.3 is 20.3 Å². The number of nitrogens with one attached hydrogen (secondary N) is 2. The van der Waals surface area contributed by atoms with Crippen molar-refractivity contribution >= 4 is 5.96 Å². The monoisotopic (exact) mass is 339 g/mol. The Balaban J connectivity index is 1.66. The van der Waals surface area contributed by atoms with E-state index in [4.69, 9.17) is 4.74 Å². The van der Waals surface area contributed by atoms with Gasteiger partial charge in [0.2, 0.25) is 0 Å². The Hall–Kier alpha value is -0.850. The summed E-state index contributed by atoms with van der Waals surface area (Å²) >= 11 is 0. The van der Waals surface area contributed by atoms with E-state index in [-0.39, 0.29) is 5.54 Å². The number of morpholine rings is 1. The van der Waals surface area contributed by atoms with Crippen LogP contribution in [0.3, 0.4) is 0 Å². The number of hydrogen-bond donors (Lipinski definition) is 2. The molecule has 0 unspecified atom stereocenters. The van der Waals surface area contributed by atoms with Crippen molar-refractivity contribution in [1.82, 2.24) is 20.4 Å². The van der Waals surface area contributed by atoms with Gasteiger partial charge in [0.15, 0.2) is 5.96 Å². The van der Waals surface area contributed by atoms with Crippen LogP contribution in [0.2, 0.25) is 0 Å². The zero-order valence-electron chi connectivity index (χ0n) is 16.1. The molecule has 0 bridgehead atoms. The summed E-state index contributed by atoms with van der Waals surface area (Å²) in [5.74, 6) is 1.80. The SMILES string of the molecule is CN=C(NCCN1CCC(C)CC1)NCC(C)(C)N1CCOCC1. The Bertz CT molecular complexity index is 385. The fourth-order valence-corrected chi connectivity index (χ4v) is 3.42. The van der Waals surface area contributed by atoms with E-state index in [1.54, 1.807) is 0 Å². The number of piperidine rings is 1. The van der Waals surface area contributed by atoms with Crippen LogP contribution >= 0.6 is 0 Å². The van der Waals surface area contributed by atoms with Gasteiger partial charge in [-0.3, -0.25) is 9.89 Å². The predicted octanol–water partition coefficient (Wildman–Crippen LogP) is 0.994. The second kappa shape index (κ2) is 9.59. The molecule has 0 spiro atoms. The average Bonchev–Trinajstić information content (AvgIpc) is 2.60.